The summed E-state index contributed by atoms with van der Waals surface area (Å²) >= 11 is 6.30. The van der Waals surface area contributed by atoms with Crippen LogP contribution in [0, 0.1) is 0 Å². The number of nitrogens with one attached hydrogen (secondary N) is 1. The van der Waals surface area contributed by atoms with Crippen LogP contribution in [0.25, 0.3) is 11.3 Å². The van der Waals surface area contributed by atoms with Gasteiger partial charge in [-0.15, -0.1) is 0 Å². The number of H-pyrrole nitrogens is 1. The molecule has 0 saturated carbocycles. The van der Waals surface area contributed by atoms with Crippen LogP contribution in [0.3, 0.4) is 0 Å². The molecule has 0 saturated heterocycles. The van der Waals surface area contributed by atoms with Crippen LogP contribution in [0.1, 0.15) is 122 Å². The first kappa shape index (κ1) is 55.1. The Morgan fingerprint density at radius 1 is 0.562 bits per heavy atom. The molecule has 0 fully saturated rings. The minimum atomic E-state index is -0.947. The monoisotopic (exact) mass is 922 g/mol. The normalized spacial score (nSPS) is 12.0. The SMILES string of the molecule is CCOC(Cc1c(-c2cn[nH]c2)ncnc1N(C(=O)OC(C)(C)C)C(=O)OC(C)(C)C)OCC.CCOC(Cc1c(Cl)ncnc1N(C(=O)OC(C)(C)C)C(=O)OC(C)(C)C)OCC. The van der Waals surface area contributed by atoms with Crippen LogP contribution < -0.4 is 9.80 Å². The predicted octanol–water partition coefficient (Wildman–Crippen LogP) is 9.23. The van der Waals surface area contributed by atoms with Gasteiger partial charge in [-0.25, -0.2) is 39.1 Å². The molecule has 0 aromatic carbocycles. The minimum absolute atomic E-state index is 0.0131. The lowest BCUT2D eigenvalue weighted by Gasteiger charge is -2.29. The highest BCUT2D eigenvalue weighted by atomic mass is 35.5. The van der Waals surface area contributed by atoms with Crippen molar-refractivity contribution in [3.63, 3.8) is 0 Å². The first-order valence-electron chi connectivity index (χ1n) is 21.0. The van der Waals surface area contributed by atoms with Crippen LogP contribution in [-0.2, 0) is 50.7 Å². The fourth-order valence-corrected chi connectivity index (χ4v) is 5.50. The molecule has 3 aromatic heterocycles. The molecule has 4 amide bonds. The van der Waals surface area contributed by atoms with Gasteiger partial charge in [0.2, 0.25) is 0 Å². The molecule has 0 bridgehead atoms. The van der Waals surface area contributed by atoms with Gasteiger partial charge in [0.15, 0.2) is 24.2 Å². The number of aromatic nitrogens is 6. The van der Waals surface area contributed by atoms with Crippen molar-refractivity contribution >= 4 is 47.6 Å². The van der Waals surface area contributed by atoms with Gasteiger partial charge in [-0.3, -0.25) is 5.10 Å². The number of amides is 4. The van der Waals surface area contributed by atoms with E-state index in [1.54, 1.807) is 95.5 Å². The van der Waals surface area contributed by atoms with Crippen LogP contribution in [0.4, 0.5) is 30.8 Å². The molecule has 0 aliphatic heterocycles. The number of rotatable bonds is 15. The molecule has 64 heavy (non-hydrogen) atoms. The highest BCUT2D eigenvalue weighted by Crippen LogP contribution is 2.32. The highest BCUT2D eigenvalue weighted by molar-refractivity contribution is 6.30. The van der Waals surface area contributed by atoms with Crippen molar-refractivity contribution < 1.29 is 57.1 Å². The molecule has 0 aliphatic carbocycles. The van der Waals surface area contributed by atoms with Crippen molar-refractivity contribution in [1.82, 2.24) is 30.1 Å². The largest absolute Gasteiger partial charge is 0.443 e. The van der Waals surface area contributed by atoms with Crippen molar-refractivity contribution in [3.05, 3.63) is 41.3 Å². The molecule has 20 nitrogen and oxygen atoms in total. The van der Waals surface area contributed by atoms with E-state index in [0.717, 1.165) is 11.2 Å². The molecule has 21 heteroatoms. The second-order valence-corrected chi connectivity index (χ2v) is 18.0. The predicted molar refractivity (Wildman–Crippen MR) is 238 cm³/mol. The van der Waals surface area contributed by atoms with E-state index in [0.29, 0.717) is 53.7 Å². The molecule has 3 heterocycles. The summed E-state index contributed by atoms with van der Waals surface area (Å²) < 4.78 is 44.4. The van der Waals surface area contributed by atoms with Gasteiger partial charge in [-0.2, -0.15) is 14.9 Å². The molecule has 0 radical (unpaired) electrons. The van der Waals surface area contributed by atoms with E-state index in [1.165, 1.54) is 6.33 Å². The van der Waals surface area contributed by atoms with E-state index >= 15 is 0 Å². The average Bonchev–Trinajstić information content (AvgIpc) is 3.67. The minimum Gasteiger partial charge on any atom is -0.443 e. The molecular formula is C43H67ClN8O12. The summed E-state index contributed by atoms with van der Waals surface area (Å²) in [6.45, 7) is 29.3. The Kier molecular flexibility index (Phi) is 20.9. The van der Waals surface area contributed by atoms with E-state index in [1.807, 2.05) is 27.7 Å². The van der Waals surface area contributed by atoms with Crippen molar-refractivity contribution in [2.75, 3.05) is 36.2 Å². The van der Waals surface area contributed by atoms with Gasteiger partial charge in [0.25, 0.3) is 0 Å². The van der Waals surface area contributed by atoms with Crippen LogP contribution in [0.15, 0.2) is 25.0 Å². The Labute approximate surface area is 381 Å². The van der Waals surface area contributed by atoms with E-state index in [2.05, 4.69) is 30.1 Å². The van der Waals surface area contributed by atoms with E-state index in [9.17, 15) is 19.2 Å². The number of ether oxygens (including phenoxy) is 8. The van der Waals surface area contributed by atoms with Crippen LogP contribution >= 0.6 is 11.6 Å². The average molecular weight is 924 g/mol. The summed E-state index contributed by atoms with van der Waals surface area (Å²) in [5.41, 5.74) is -1.61. The van der Waals surface area contributed by atoms with E-state index in [-0.39, 0.29) is 29.6 Å². The number of nitrogens with zero attached hydrogens (tertiary/aromatic N) is 7. The van der Waals surface area contributed by atoms with Gasteiger partial charge in [0.05, 0.1) is 11.9 Å². The smallest absolute Gasteiger partial charge is 0.425 e. The highest BCUT2D eigenvalue weighted by Gasteiger charge is 2.38. The number of imide groups is 2. The molecule has 0 unspecified atom stereocenters. The zero-order chi connectivity index (χ0) is 48.6. The number of hydrogen-bond acceptors (Lipinski definition) is 17. The lowest BCUT2D eigenvalue weighted by Crippen LogP contribution is -2.45. The lowest BCUT2D eigenvalue weighted by atomic mass is 10.1. The molecule has 3 rings (SSSR count). The van der Waals surface area contributed by atoms with Crippen molar-refractivity contribution in [3.8, 4) is 11.3 Å². The maximum absolute atomic E-state index is 13.2. The zero-order valence-electron chi connectivity index (χ0n) is 40.1. The number of carbonyl (C=O) groups excluding carboxylic acids is 4. The summed E-state index contributed by atoms with van der Waals surface area (Å²) in [6, 6.07) is 0. The van der Waals surface area contributed by atoms with Gasteiger partial charge in [0, 0.05) is 62.2 Å². The Hall–Kier alpha value is -5.02. The number of anilines is 2. The van der Waals surface area contributed by atoms with Gasteiger partial charge in [-0.1, -0.05) is 11.6 Å². The third-order valence-corrected chi connectivity index (χ3v) is 7.77. The fourth-order valence-electron chi connectivity index (χ4n) is 5.30. The standard InChI is InChI=1S/C23H35N5O6.C20H32ClN3O6/c1-9-31-17(32-10-2)11-16-18(15-12-26-27-13-15)24-14-25-19(16)28(20(29)33-22(3,4)5)21(30)34-23(6,7)8;1-9-27-14(28-10-2)11-13-15(21)22-12-23-16(13)24(17(25)29-19(3,4)5)18(26)30-20(6,7)8/h12-14,17H,9-11H2,1-8H3,(H,26,27);12,14H,9-11H2,1-8H3. The summed E-state index contributed by atoms with van der Waals surface area (Å²) in [5, 5.41) is 6.79. The first-order valence-corrected chi connectivity index (χ1v) is 21.3. The Balaban J connectivity index is 0.000000444. The molecule has 3 aromatic rings. The Morgan fingerprint density at radius 2 is 0.906 bits per heavy atom. The number of aromatic amines is 1. The summed E-state index contributed by atoms with van der Waals surface area (Å²) in [7, 11) is 0. The van der Waals surface area contributed by atoms with Crippen molar-refractivity contribution in [2.45, 2.75) is 159 Å². The lowest BCUT2D eigenvalue weighted by molar-refractivity contribution is -0.134. The Morgan fingerprint density at radius 3 is 1.23 bits per heavy atom. The third-order valence-electron chi connectivity index (χ3n) is 7.44. The van der Waals surface area contributed by atoms with Gasteiger partial charge >= 0.3 is 24.4 Å². The zero-order valence-corrected chi connectivity index (χ0v) is 40.9. The van der Waals surface area contributed by atoms with Crippen LogP contribution in [0.2, 0.25) is 5.15 Å². The molecule has 0 spiro atoms. The third kappa shape index (κ3) is 18.6. The van der Waals surface area contributed by atoms with E-state index in [4.69, 9.17) is 49.5 Å². The fraction of sp³-hybridized carbons (Fsp3) is 0.651. The number of hydrogen-bond donors (Lipinski definition) is 1. The van der Waals surface area contributed by atoms with Gasteiger partial charge in [0.1, 0.15) is 40.2 Å². The van der Waals surface area contributed by atoms with Gasteiger partial charge in [-0.05, 0) is 111 Å². The molecular weight excluding hydrogens is 856 g/mol. The van der Waals surface area contributed by atoms with Crippen LogP contribution in [-0.4, -0.2) is 116 Å². The van der Waals surface area contributed by atoms with Crippen molar-refractivity contribution in [2.24, 2.45) is 0 Å². The molecule has 358 valence electrons. The van der Waals surface area contributed by atoms with Gasteiger partial charge < -0.3 is 37.9 Å². The Bertz CT molecular complexity index is 1890. The topological polar surface area (TPSA) is 229 Å². The maximum atomic E-state index is 13.2. The van der Waals surface area contributed by atoms with E-state index < -0.39 is 59.4 Å². The summed E-state index contributed by atoms with van der Waals surface area (Å²) in [5.74, 6) is -0.0398. The summed E-state index contributed by atoms with van der Waals surface area (Å²) in [6.07, 6.45) is 0.834. The first-order chi connectivity index (χ1) is 29.6. The quantitative estimate of drug-likeness (QED) is 0.0850. The molecule has 0 atom stereocenters. The number of halogens is 1. The number of carbonyl (C=O) groups is 4. The molecule has 0 aliphatic rings. The second-order valence-electron chi connectivity index (χ2n) is 17.7. The summed E-state index contributed by atoms with van der Waals surface area (Å²) in [4.78, 5) is 70.6. The second kappa shape index (κ2) is 24.3. The maximum Gasteiger partial charge on any atom is 0.425 e. The van der Waals surface area contributed by atoms with Crippen molar-refractivity contribution in [1.29, 1.82) is 0 Å². The molecule has 1 N–H and O–H groups in total. The van der Waals surface area contributed by atoms with Crippen LogP contribution in [0.5, 0.6) is 0 Å².